The van der Waals surface area contributed by atoms with Gasteiger partial charge in [0.05, 0.1) is 23.2 Å². The standard InChI is InChI=1S/C28H30F2N6O2S/c1-35(21-5-3-2-4-6-21)28-33-13-24-26(34-28)22(20-11-31-17-32-12-20)14-36(24)27-23(29)10-9-19(25(27)30)16-39(37,38)15-18-7-8-18/h9-14,17-18,21H,2-8,15-16H2,1H3. The fourth-order valence-electron chi connectivity index (χ4n) is 5.49. The van der Waals surface area contributed by atoms with Gasteiger partial charge in [0.15, 0.2) is 15.7 Å². The largest absolute Gasteiger partial charge is 0.341 e. The Labute approximate surface area is 226 Å². The summed E-state index contributed by atoms with van der Waals surface area (Å²) in [5.41, 5.74) is 1.70. The molecule has 0 amide bonds. The first-order valence-electron chi connectivity index (χ1n) is 13.3. The summed E-state index contributed by atoms with van der Waals surface area (Å²) in [6, 6.07) is 2.65. The van der Waals surface area contributed by atoms with E-state index in [1.54, 1.807) is 24.8 Å². The highest BCUT2D eigenvalue weighted by Crippen LogP contribution is 2.35. The summed E-state index contributed by atoms with van der Waals surface area (Å²) in [5, 5.41) is 0. The Morgan fingerprint density at radius 1 is 1.03 bits per heavy atom. The van der Waals surface area contributed by atoms with Crippen molar-refractivity contribution in [2.24, 2.45) is 5.92 Å². The number of hydrogen-bond donors (Lipinski definition) is 0. The summed E-state index contributed by atoms with van der Waals surface area (Å²) >= 11 is 0. The molecule has 0 unspecified atom stereocenters. The maximum absolute atomic E-state index is 15.9. The Kier molecular flexibility index (Phi) is 6.78. The molecule has 2 saturated carbocycles. The van der Waals surface area contributed by atoms with Crippen molar-refractivity contribution in [2.75, 3.05) is 17.7 Å². The number of benzene rings is 1. The minimum absolute atomic E-state index is 0.0227. The number of aromatic nitrogens is 5. The molecule has 0 N–H and O–H groups in total. The van der Waals surface area contributed by atoms with Gasteiger partial charge in [-0.3, -0.25) is 0 Å². The Bertz CT molecular complexity index is 1620. The first-order chi connectivity index (χ1) is 18.8. The quantitative estimate of drug-likeness (QED) is 0.295. The molecule has 3 aromatic heterocycles. The molecule has 2 aliphatic rings. The van der Waals surface area contributed by atoms with Crippen LogP contribution in [-0.2, 0) is 15.6 Å². The molecular weight excluding hydrogens is 522 g/mol. The van der Waals surface area contributed by atoms with E-state index in [1.807, 2.05) is 7.05 Å². The van der Waals surface area contributed by atoms with E-state index in [2.05, 4.69) is 19.9 Å². The van der Waals surface area contributed by atoms with Crippen molar-refractivity contribution in [1.82, 2.24) is 24.5 Å². The van der Waals surface area contributed by atoms with Crippen LogP contribution in [0.15, 0.2) is 43.2 Å². The van der Waals surface area contributed by atoms with E-state index in [0.717, 1.165) is 44.6 Å². The molecule has 0 aliphatic heterocycles. The Morgan fingerprint density at radius 3 is 2.49 bits per heavy atom. The Morgan fingerprint density at radius 2 is 1.77 bits per heavy atom. The van der Waals surface area contributed by atoms with Gasteiger partial charge in [-0.25, -0.2) is 37.1 Å². The lowest BCUT2D eigenvalue weighted by Crippen LogP contribution is -2.34. The van der Waals surface area contributed by atoms with E-state index >= 15 is 8.78 Å². The van der Waals surface area contributed by atoms with E-state index < -0.39 is 27.2 Å². The van der Waals surface area contributed by atoms with Gasteiger partial charge >= 0.3 is 0 Å². The van der Waals surface area contributed by atoms with E-state index in [4.69, 9.17) is 4.98 Å². The normalized spacial score (nSPS) is 16.6. The van der Waals surface area contributed by atoms with Gasteiger partial charge in [0, 0.05) is 48.4 Å². The smallest absolute Gasteiger partial charge is 0.225 e. The molecule has 2 aliphatic carbocycles. The highest BCUT2D eigenvalue weighted by atomic mass is 32.2. The number of halogens is 2. The van der Waals surface area contributed by atoms with Crippen LogP contribution in [0.3, 0.4) is 0 Å². The van der Waals surface area contributed by atoms with Crippen LogP contribution in [0.4, 0.5) is 14.7 Å². The second kappa shape index (κ2) is 10.3. The SMILES string of the molecule is CN(c1ncc2c(n1)c(-c1cncnc1)cn2-c1c(F)ccc(CS(=O)(=O)CC2CC2)c1F)C1CCCCC1. The molecule has 0 bridgehead atoms. The summed E-state index contributed by atoms with van der Waals surface area (Å²) in [7, 11) is -1.55. The fraction of sp³-hybridized carbons (Fsp3) is 0.429. The van der Waals surface area contributed by atoms with Crippen molar-refractivity contribution in [3.8, 4) is 16.8 Å². The van der Waals surface area contributed by atoms with Crippen molar-refractivity contribution in [3.63, 3.8) is 0 Å². The lowest BCUT2D eigenvalue weighted by atomic mass is 9.95. The van der Waals surface area contributed by atoms with Crippen LogP contribution in [0.5, 0.6) is 0 Å². The molecule has 39 heavy (non-hydrogen) atoms. The van der Waals surface area contributed by atoms with Gasteiger partial charge in [-0.1, -0.05) is 25.3 Å². The molecule has 2 fully saturated rings. The second-order valence-corrected chi connectivity index (χ2v) is 12.8. The third-order valence-electron chi connectivity index (χ3n) is 7.79. The molecule has 204 valence electrons. The maximum Gasteiger partial charge on any atom is 0.225 e. The van der Waals surface area contributed by atoms with Gasteiger partial charge in [0.1, 0.15) is 23.3 Å². The average molecular weight is 553 g/mol. The highest BCUT2D eigenvalue weighted by molar-refractivity contribution is 7.90. The van der Waals surface area contributed by atoms with E-state index in [9.17, 15) is 8.42 Å². The third-order valence-corrected chi connectivity index (χ3v) is 9.52. The summed E-state index contributed by atoms with van der Waals surface area (Å²) in [6.07, 6.45) is 15.2. The number of rotatable bonds is 8. The number of hydrogen-bond acceptors (Lipinski definition) is 7. The zero-order chi connectivity index (χ0) is 27.1. The van der Waals surface area contributed by atoms with Crippen LogP contribution in [0, 0.1) is 17.6 Å². The monoisotopic (exact) mass is 552 g/mol. The summed E-state index contributed by atoms with van der Waals surface area (Å²) < 4.78 is 57.9. The molecule has 0 radical (unpaired) electrons. The van der Waals surface area contributed by atoms with Gasteiger partial charge in [0.25, 0.3) is 0 Å². The Hall–Kier alpha value is -3.47. The summed E-state index contributed by atoms with van der Waals surface area (Å²) in [5.74, 6) is -1.51. The summed E-state index contributed by atoms with van der Waals surface area (Å²) in [6.45, 7) is 0. The highest BCUT2D eigenvalue weighted by Gasteiger charge is 2.30. The zero-order valence-corrected chi connectivity index (χ0v) is 22.5. The van der Waals surface area contributed by atoms with E-state index in [0.29, 0.717) is 34.2 Å². The topological polar surface area (TPSA) is 93.9 Å². The molecule has 3 heterocycles. The van der Waals surface area contributed by atoms with Crippen LogP contribution in [-0.4, -0.2) is 51.8 Å². The number of fused-ring (bicyclic) bond motifs is 1. The van der Waals surface area contributed by atoms with Crippen LogP contribution in [0.1, 0.15) is 50.5 Å². The molecule has 8 nitrogen and oxygen atoms in total. The lowest BCUT2D eigenvalue weighted by molar-refractivity contribution is 0.424. The van der Waals surface area contributed by atoms with Crippen molar-refractivity contribution in [2.45, 2.75) is 56.7 Å². The molecule has 0 spiro atoms. The number of nitrogens with zero attached hydrogens (tertiary/aromatic N) is 6. The van der Waals surface area contributed by atoms with Gasteiger partial charge < -0.3 is 9.47 Å². The van der Waals surface area contributed by atoms with Crippen LogP contribution in [0.25, 0.3) is 27.8 Å². The molecule has 1 aromatic carbocycles. The molecule has 6 rings (SSSR count). The second-order valence-electron chi connectivity index (χ2n) is 10.7. The number of sulfone groups is 1. The van der Waals surface area contributed by atoms with Crippen LogP contribution < -0.4 is 4.90 Å². The van der Waals surface area contributed by atoms with Gasteiger partial charge in [-0.05, 0) is 37.7 Å². The Balaban J connectivity index is 1.47. The van der Waals surface area contributed by atoms with Crippen LogP contribution >= 0.6 is 0 Å². The average Bonchev–Trinajstić information content (AvgIpc) is 3.67. The predicted molar refractivity (Wildman–Crippen MR) is 145 cm³/mol. The van der Waals surface area contributed by atoms with Crippen molar-refractivity contribution >= 4 is 26.8 Å². The van der Waals surface area contributed by atoms with Gasteiger partial charge in [-0.15, -0.1) is 0 Å². The fourth-order valence-corrected chi connectivity index (χ4v) is 7.36. The summed E-state index contributed by atoms with van der Waals surface area (Å²) in [4.78, 5) is 19.7. The predicted octanol–water partition coefficient (Wildman–Crippen LogP) is 5.25. The van der Waals surface area contributed by atoms with E-state index in [1.165, 1.54) is 23.4 Å². The first-order valence-corrected chi connectivity index (χ1v) is 15.2. The zero-order valence-electron chi connectivity index (χ0n) is 21.7. The minimum Gasteiger partial charge on any atom is -0.341 e. The molecule has 0 atom stereocenters. The lowest BCUT2D eigenvalue weighted by Gasteiger charge is -2.31. The molecular formula is C28H30F2N6O2S. The molecule has 0 saturated heterocycles. The third kappa shape index (κ3) is 5.24. The van der Waals surface area contributed by atoms with Crippen molar-refractivity contribution in [1.29, 1.82) is 0 Å². The van der Waals surface area contributed by atoms with Gasteiger partial charge in [-0.2, -0.15) is 0 Å². The first kappa shape index (κ1) is 25.8. The van der Waals surface area contributed by atoms with Crippen LogP contribution in [0.2, 0.25) is 0 Å². The van der Waals surface area contributed by atoms with E-state index in [-0.39, 0.29) is 22.9 Å². The number of anilines is 1. The van der Waals surface area contributed by atoms with Crippen molar-refractivity contribution < 1.29 is 17.2 Å². The maximum atomic E-state index is 15.9. The minimum atomic E-state index is -3.53. The van der Waals surface area contributed by atoms with Gasteiger partial charge in [0.2, 0.25) is 5.95 Å². The molecule has 11 heteroatoms. The molecule has 4 aromatic rings. The van der Waals surface area contributed by atoms with Crippen molar-refractivity contribution in [3.05, 3.63) is 60.4 Å².